The summed E-state index contributed by atoms with van der Waals surface area (Å²) in [5.74, 6) is -4.80. The molecule has 0 spiro atoms. The first kappa shape index (κ1) is 59.3. The Hall–Kier alpha value is -9.82. The molecule has 10 rings (SSSR count). The third-order valence-corrected chi connectivity index (χ3v) is 13.7. The fourth-order valence-electron chi connectivity index (χ4n) is 9.37. The summed E-state index contributed by atoms with van der Waals surface area (Å²) in [6, 6.07) is 48.7. The number of nitrogens with two attached hydrogens (primary N) is 2. The molecule has 0 unspecified atom stereocenters. The van der Waals surface area contributed by atoms with Crippen molar-refractivity contribution in [1.29, 1.82) is 0 Å². The van der Waals surface area contributed by atoms with Gasteiger partial charge in [-0.25, -0.2) is 28.8 Å². The number of benzene rings is 6. The molecule has 0 saturated carbocycles. The number of carbonyl (C=O) groups is 6. The Balaban J connectivity index is 0.831. The lowest BCUT2D eigenvalue weighted by atomic mass is 9.97. The summed E-state index contributed by atoms with van der Waals surface area (Å²) >= 11 is 0. The quantitative estimate of drug-likeness (QED) is 0.0604. The highest BCUT2D eigenvalue weighted by Crippen LogP contribution is 2.34. The molecule has 10 atom stereocenters. The summed E-state index contributed by atoms with van der Waals surface area (Å²) in [4.78, 5) is 82.5. The average Bonchev–Trinajstić information content (AvgIpc) is 2.09. The minimum absolute atomic E-state index is 0.165. The third kappa shape index (κ3) is 14.9. The number of hydrogen-bond donors (Lipinski definition) is 2. The van der Waals surface area contributed by atoms with E-state index in [-0.39, 0.29) is 72.8 Å². The molecular weight excluding hydrogens is 1110 g/mol. The first-order valence-electron chi connectivity index (χ1n) is 27.3. The lowest BCUT2D eigenvalue weighted by molar-refractivity contribution is -0.295. The Morgan fingerprint density at radius 2 is 0.605 bits per heavy atom. The number of nitrogens with zero attached hydrogens (tertiary/aromatic N) is 6. The van der Waals surface area contributed by atoms with Gasteiger partial charge in [0.25, 0.3) is 0 Å². The van der Waals surface area contributed by atoms with E-state index in [1.807, 2.05) is 0 Å². The highest BCUT2D eigenvalue weighted by molar-refractivity contribution is 5.92. The number of carbonyl (C=O) groups excluding carboxylic acids is 6. The van der Waals surface area contributed by atoms with Crippen LogP contribution < -0.4 is 11.5 Å². The molecule has 2 aromatic heterocycles. The second kappa shape index (κ2) is 28.6. The number of aryl methyl sites for hydroxylation is 2. The molecule has 24 nitrogen and oxygen atoms in total. The number of hydrogen-bond acceptors (Lipinski definition) is 22. The van der Waals surface area contributed by atoms with Crippen LogP contribution in [0.2, 0.25) is 0 Å². The summed E-state index contributed by atoms with van der Waals surface area (Å²) in [5, 5.41) is 17.0. The van der Waals surface area contributed by atoms with E-state index >= 15 is 0 Å². The van der Waals surface area contributed by atoms with Crippen molar-refractivity contribution in [2.75, 3.05) is 13.1 Å². The molecule has 2 aliphatic heterocycles. The highest BCUT2D eigenvalue weighted by Gasteiger charge is 2.54. The zero-order valence-corrected chi connectivity index (χ0v) is 45.9. The smallest absolute Gasteiger partial charge is 0.338 e. The van der Waals surface area contributed by atoms with Gasteiger partial charge in [-0.2, -0.15) is 0 Å². The van der Waals surface area contributed by atoms with Gasteiger partial charge in [0.15, 0.2) is 49.2 Å². The van der Waals surface area contributed by atoms with E-state index in [0.717, 1.165) is 0 Å². The van der Waals surface area contributed by atoms with Crippen molar-refractivity contribution in [2.24, 2.45) is 11.5 Å². The fourth-order valence-corrected chi connectivity index (χ4v) is 9.37. The van der Waals surface area contributed by atoms with Crippen molar-refractivity contribution in [1.82, 2.24) is 30.0 Å². The molecule has 86 heavy (non-hydrogen) atoms. The van der Waals surface area contributed by atoms with Crippen LogP contribution in [0.15, 0.2) is 194 Å². The molecule has 0 amide bonds. The van der Waals surface area contributed by atoms with Crippen molar-refractivity contribution in [3.8, 4) is 0 Å². The van der Waals surface area contributed by atoms with Crippen LogP contribution >= 0.6 is 0 Å². The van der Waals surface area contributed by atoms with Crippen molar-refractivity contribution in [3.05, 3.63) is 239 Å². The Morgan fingerprint density at radius 3 is 0.860 bits per heavy atom. The molecule has 6 aromatic carbocycles. The standard InChI is InChI=1S/C62H58N8O16/c63-33-47-49(81-55(71)39-19-7-1-8-20-39)51(83-57(73)41-23-11-3-12-24-41)53(85-59(75)43-27-15-5-16-28-43)61(79-47)77-37-45-35-69(67-65-45)31-32-70-36-46(66-68-70)38-78-62-54(86-60(76)44-29-17-6-18-30-44)52(84-58(74)42-25-13-4-14-26-42)50(48(34-64)80-62)82-56(72)40-21-9-2-10-22-40/h1-30,35-36,47-54,61-62H,31-34,37-38,63-64H2/t47-,48+,49-,50+,51+,52-,53+,54-,61-,62+. The first-order chi connectivity index (χ1) is 42.0. The van der Waals surface area contributed by atoms with Gasteiger partial charge < -0.3 is 58.8 Å². The molecule has 24 heteroatoms. The van der Waals surface area contributed by atoms with E-state index in [9.17, 15) is 28.8 Å². The van der Waals surface area contributed by atoms with Crippen LogP contribution in [0.3, 0.4) is 0 Å². The Labute approximate surface area is 491 Å². The number of aromatic nitrogens is 6. The van der Waals surface area contributed by atoms with Crippen LogP contribution in [0.4, 0.5) is 0 Å². The normalized spacial score (nSPS) is 21.7. The van der Waals surface area contributed by atoms with Gasteiger partial charge in [-0.05, 0) is 72.8 Å². The Morgan fingerprint density at radius 1 is 0.360 bits per heavy atom. The fraction of sp³-hybridized carbons (Fsp3) is 0.258. The number of ether oxygens (including phenoxy) is 10. The predicted molar refractivity (Wildman–Crippen MR) is 299 cm³/mol. The van der Waals surface area contributed by atoms with Gasteiger partial charge in [0.2, 0.25) is 0 Å². The van der Waals surface area contributed by atoms with E-state index in [0.29, 0.717) is 11.4 Å². The SMILES string of the molecule is NC[C@@H]1O[C@H](OCc2cn(CCn3cc(CO[C@@H]4O[C@H](CN)[C@@H](OC(=O)c5ccccc5)[C@H](OC(=O)c5ccccc5)[C@@H]4OC(=O)c4ccccc4)nn3)nn2)[C@H](OC(=O)c2ccccc2)[C@H](OC(=O)c2ccccc2)[C@H]1OC(=O)c1ccccc1. The van der Waals surface area contributed by atoms with Crippen LogP contribution in [0.5, 0.6) is 0 Å². The van der Waals surface area contributed by atoms with Gasteiger partial charge >= 0.3 is 35.8 Å². The second-order valence-electron chi connectivity index (χ2n) is 19.5. The summed E-state index contributed by atoms with van der Waals surface area (Å²) < 4.78 is 64.5. The largest absolute Gasteiger partial charge is 0.452 e. The molecule has 4 heterocycles. The maximum absolute atomic E-state index is 13.8. The van der Waals surface area contributed by atoms with Gasteiger partial charge in [0.05, 0.1) is 72.1 Å². The number of rotatable bonds is 23. The molecule has 8 aromatic rings. The monoisotopic (exact) mass is 1170 g/mol. The Bertz CT molecular complexity index is 3300. The van der Waals surface area contributed by atoms with E-state index in [4.69, 9.17) is 58.8 Å². The zero-order valence-electron chi connectivity index (χ0n) is 45.9. The van der Waals surface area contributed by atoms with E-state index < -0.39 is 97.2 Å². The van der Waals surface area contributed by atoms with Crippen molar-refractivity contribution in [2.45, 2.75) is 87.7 Å². The minimum atomic E-state index is -1.53. The van der Waals surface area contributed by atoms with Gasteiger partial charge in [-0.3, -0.25) is 9.36 Å². The molecule has 0 bridgehead atoms. The van der Waals surface area contributed by atoms with Crippen molar-refractivity contribution >= 4 is 35.8 Å². The first-order valence-corrected chi connectivity index (χ1v) is 27.3. The van der Waals surface area contributed by atoms with Crippen molar-refractivity contribution < 1.29 is 76.1 Å². The maximum atomic E-state index is 13.8. The topological polar surface area (TPSA) is 308 Å². The third-order valence-electron chi connectivity index (χ3n) is 13.7. The van der Waals surface area contributed by atoms with E-state index in [1.165, 1.54) is 57.9 Å². The summed E-state index contributed by atoms with van der Waals surface area (Å²) in [6.45, 7) is -0.585. The van der Waals surface area contributed by atoms with Gasteiger partial charge in [0, 0.05) is 13.1 Å². The minimum Gasteiger partial charge on any atom is -0.452 e. The van der Waals surface area contributed by atoms with Crippen molar-refractivity contribution in [3.63, 3.8) is 0 Å². The summed E-state index contributed by atoms with van der Waals surface area (Å²) in [7, 11) is 0. The summed E-state index contributed by atoms with van der Waals surface area (Å²) in [5.41, 5.74) is 14.2. The molecule has 2 aliphatic rings. The molecular formula is C62H58N8O16. The second-order valence-corrected chi connectivity index (χ2v) is 19.5. The van der Waals surface area contributed by atoms with Crippen LogP contribution in [0.25, 0.3) is 0 Å². The lowest BCUT2D eigenvalue weighted by Crippen LogP contribution is -2.63. The number of esters is 6. The lowest BCUT2D eigenvalue weighted by Gasteiger charge is -2.44. The Kier molecular flexibility index (Phi) is 19.8. The highest BCUT2D eigenvalue weighted by atomic mass is 16.7. The molecule has 2 fully saturated rings. The van der Waals surface area contributed by atoms with E-state index in [1.54, 1.807) is 146 Å². The molecule has 0 aliphatic carbocycles. The molecule has 2 saturated heterocycles. The van der Waals surface area contributed by atoms with Crippen LogP contribution in [0, 0.1) is 0 Å². The average molecular weight is 1170 g/mol. The molecule has 4 N–H and O–H groups in total. The molecule has 0 radical (unpaired) electrons. The zero-order chi connectivity index (χ0) is 59.8. The van der Waals surface area contributed by atoms with Crippen LogP contribution in [-0.4, -0.2) is 140 Å². The summed E-state index contributed by atoms with van der Waals surface area (Å²) in [6.07, 6.45) is -10.9. The van der Waals surface area contributed by atoms with Gasteiger partial charge in [0.1, 0.15) is 23.6 Å². The van der Waals surface area contributed by atoms with Crippen LogP contribution in [0.1, 0.15) is 73.5 Å². The van der Waals surface area contributed by atoms with Crippen LogP contribution in [-0.2, 0) is 73.7 Å². The van der Waals surface area contributed by atoms with Gasteiger partial charge in [-0.15, -0.1) is 10.2 Å². The van der Waals surface area contributed by atoms with E-state index in [2.05, 4.69) is 20.6 Å². The molecule has 442 valence electrons. The maximum Gasteiger partial charge on any atom is 0.338 e. The predicted octanol–water partition coefficient (Wildman–Crippen LogP) is 5.32. The van der Waals surface area contributed by atoms with Gasteiger partial charge in [-0.1, -0.05) is 120 Å².